The van der Waals surface area contributed by atoms with Crippen LogP contribution < -0.4 is 0 Å². The first kappa shape index (κ1) is 15.7. The zero-order valence-corrected chi connectivity index (χ0v) is 13.1. The summed E-state index contributed by atoms with van der Waals surface area (Å²) in [6, 6.07) is 3.54. The van der Waals surface area contributed by atoms with Crippen molar-refractivity contribution in [2.45, 2.75) is 34.2 Å². The van der Waals surface area contributed by atoms with Crippen LogP contribution in [-0.4, -0.2) is 23.0 Å². The molecule has 0 saturated carbocycles. The maximum Gasteiger partial charge on any atom is 0.129 e. The minimum atomic E-state index is 0.503. The van der Waals surface area contributed by atoms with Gasteiger partial charge in [0.1, 0.15) is 5.15 Å². The van der Waals surface area contributed by atoms with Crippen LogP contribution in [0.2, 0.25) is 10.2 Å². The number of rotatable bonds is 6. The van der Waals surface area contributed by atoms with E-state index in [4.69, 9.17) is 23.2 Å². The van der Waals surface area contributed by atoms with Gasteiger partial charge in [0.15, 0.2) is 0 Å². The van der Waals surface area contributed by atoms with Crippen LogP contribution in [0.4, 0.5) is 0 Å². The lowest BCUT2D eigenvalue weighted by Crippen LogP contribution is -2.31. The Morgan fingerprint density at radius 1 is 1.06 bits per heavy atom. The van der Waals surface area contributed by atoms with Crippen molar-refractivity contribution >= 4 is 23.2 Å². The first-order valence-corrected chi connectivity index (χ1v) is 7.17. The molecule has 0 amide bonds. The van der Waals surface area contributed by atoms with E-state index in [2.05, 4.69) is 37.6 Å². The molecule has 1 aromatic heterocycles. The van der Waals surface area contributed by atoms with Crippen LogP contribution in [0.5, 0.6) is 0 Å². The Bertz CT molecular complexity index is 368. The van der Waals surface area contributed by atoms with Crippen molar-refractivity contribution in [3.63, 3.8) is 0 Å². The smallest absolute Gasteiger partial charge is 0.129 e. The quantitative estimate of drug-likeness (QED) is 0.717. The summed E-state index contributed by atoms with van der Waals surface area (Å²) in [5, 5.41) is 1.19. The normalized spacial score (nSPS) is 11.8. The summed E-state index contributed by atoms with van der Waals surface area (Å²) >= 11 is 12.1. The van der Waals surface area contributed by atoms with E-state index in [1.165, 1.54) is 0 Å². The molecular weight excluding hydrogens is 267 g/mol. The van der Waals surface area contributed by atoms with Gasteiger partial charge >= 0.3 is 0 Å². The van der Waals surface area contributed by atoms with Crippen molar-refractivity contribution in [1.82, 2.24) is 9.88 Å². The SMILES string of the molecule is CC(C)CN(Cc1nc(Cl)ccc1Cl)CC(C)C. The van der Waals surface area contributed by atoms with Gasteiger partial charge in [0.2, 0.25) is 0 Å². The second kappa shape index (κ2) is 7.32. The van der Waals surface area contributed by atoms with Gasteiger partial charge in [0, 0.05) is 19.6 Å². The summed E-state index contributed by atoms with van der Waals surface area (Å²) < 4.78 is 0. The predicted octanol–water partition coefficient (Wildman–Crippen LogP) is 4.50. The fourth-order valence-electron chi connectivity index (χ4n) is 2.02. The van der Waals surface area contributed by atoms with Crippen LogP contribution in [0.25, 0.3) is 0 Å². The highest BCUT2D eigenvalue weighted by Gasteiger charge is 2.13. The summed E-state index contributed by atoms with van der Waals surface area (Å²) in [7, 11) is 0. The molecular formula is C14H22Cl2N2. The maximum absolute atomic E-state index is 6.17. The molecule has 0 aliphatic rings. The topological polar surface area (TPSA) is 16.1 Å². The average molecular weight is 289 g/mol. The summed E-state index contributed by atoms with van der Waals surface area (Å²) in [5.41, 5.74) is 0.866. The molecule has 0 radical (unpaired) electrons. The van der Waals surface area contributed by atoms with Gasteiger partial charge in [-0.2, -0.15) is 0 Å². The summed E-state index contributed by atoms with van der Waals surface area (Å²) in [6.07, 6.45) is 0. The molecule has 0 spiro atoms. The van der Waals surface area contributed by atoms with Gasteiger partial charge in [-0.05, 0) is 24.0 Å². The number of pyridine rings is 1. The second-order valence-electron chi connectivity index (χ2n) is 5.54. The average Bonchev–Trinajstić information content (AvgIpc) is 2.21. The fraction of sp³-hybridized carbons (Fsp3) is 0.643. The fourth-order valence-corrected chi connectivity index (χ4v) is 2.35. The van der Waals surface area contributed by atoms with Gasteiger partial charge < -0.3 is 0 Å². The molecule has 1 aromatic rings. The zero-order valence-electron chi connectivity index (χ0n) is 11.6. The van der Waals surface area contributed by atoms with E-state index >= 15 is 0 Å². The van der Waals surface area contributed by atoms with Gasteiger partial charge in [-0.1, -0.05) is 50.9 Å². The van der Waals surface area contributed by atoms with Crippen LogP contribution in [0.1, 0.15) is 33.4 Å². The number of nitrogens with zero attached hydrogens (tertiary/aromatic N) is 2. The highest BCUT2D eigenvalue weighted by molar-refractivity contribution is 6.32. The molecule has 0 aromatic carbocycles. The van der Waals surface area contributed by atoms with E-state index in [1.54, 1.807) is 6.07 Å². The Hall–Kier alpha value is -0.310. The first-order valence-electron chi connectivity index (χ1n) is 6.41. The Labute approximate surface area is 120 Å². The molecule has 1 heterocycles. The first-order chi connectivity index (χ1) is 8.38. The lowest BCUT2D eigenvalue weighted by atomic mass is 10.1. The summed E-state index contributed by atoms with van der Waals surface area (Å²) in [4.78, 5) is 6.71. The summed E-state index contributed by atoms with van der Waals surface area (Å²) in [6.45, 7) is 11.7. The molecule has 0 unspecified atom stereocenters. The van der Waals surface area contributed by atoms with E-state index in [0.29, 0.717) is 22.0 Å². The standard InChI is InChI=1S/C14H22Cl2N2/c1-10(2)7-18(8-11(3)4)9-13-12(15)5-6-14(16)17-13/h5-6,10-11H,7-9H2,1-4H3. The molecule has 18 heavy (non-hydrogen) atoms. The molecule has 0 atom stereocenters. The lowest BCUT2D eigenvalue weighted by molar-refractivity contribution is 0.209. The minimum absolute atomic E-state index is 0.503. The van der Waals surface area contributed by atoms with Crippen LogP contribution in [-0.2, 0) is 6.54 Å². The maximum atomic E-state index is 6.17. The summed E-state index contributed by atoms with van der Waals surface area (Å²) in [5.74, 6) is 1.25. The molecule has 0 saturated heterocycles. The van der Waals surface area contributed by atoms with E-state index < -0.39 is 0 Å². The van der Waals surface area contributed by atoms with Gasteiger partial charge in [-0.3, -0.25) is 4.90 Å². The van der Waals surface area contributed by atoms with Crippen molar-refractivity contribution in [3.8, 4) is 0 Å². The number of halogens is 2. The van der Waals surface area contributed by atoms with Gasteiger partial charge in [-0.25, -0.2) is 4.98 Å². The van der Waals surface area contributed by atoms with Crippen molar-refractivity contribution in [3.05, 3.63) is 28.0 Å². The van der Waals surface area contributed by atoms with Gasteiger partial charge in [0.05, 0.1) is 10.7 Å². The number of hydrogen-bond donors (Lipinski definition) is 0. The molecule has 1 rings (SSSR count). The van der Waals surface area contributed by atoms with E-state index in [0.717, 1.165) is 25.3 Å². The third-order valence-electron chi connectivity index (χ3n) is 2.50. The Balaban J connectivity index is 2.77. The largest absolute Gasteiger partial charge is 0.297 e. The van der Waals surface area contributed by atoms with Gasteiger partial charge in [0.25, 0.3) is 0 Å². The van der Waals surface area contributed by atoms with E-state index in [-0.39, 0.29) is 0 Å². The third kappa shape index (κ3) is 5.55. The highest BCUT2D eigenvalue weighted by atomic mass is 35.5. The van der Waals surface area contributed by atoms with Crippen molar-refractivity contribution in [2.24, 2.45) is 11.8 Å². The van der Waals surface area contributed by atoms with Crippen LogP contribution in [0, 0.1) is 11.8 Å². The van der Waals surface area contributed by atoms with Gasteiger partial charge in [-0.15, -0.1) is 0 Å². The zero-order chi connectivity index (χ0) is 13.7. The van der Waals surface area contributed by atoms with Crippen molar-refractivity contribution in [1.29, 1.82) is 0 Å². The number of hydrogen-bond acceptors (Lipinski definition) is 2. The molecule has 4 heteroatoms. The molecule has 0 bridgehead atoms. The Morgan fingerprint density at radius 2 is 1.61 bits per heavy atom. The Morgan fingerprint density at radius 3 is 2.11 bits per heavy atom. The van der Waals surface area contributed by atoms with Crippen LogP contribution in [0.15, 0.2) is 12.1 Å². The highest BCUT2D eigenvalue weighted by Crippen LogP contribution is 2.19. The van der Waals surface area contributed by atoms with Crippen molar-refractivity contribution < 1.29 is 0 Å². The second-order valence-corrected chi connectivity index (χ2v) is 6.34. The van der Waals surface area contributed by atoms with Crippen molar-refractivity contribution in [2.75, 3.05) is 13.1 Å². The molecule has 102 valence electrons. The molecule has 0 N–H and O–H groups in total. The van der Waals surface area contributed by atoms with Crippen LogP contribution in [0.3, 0.4) is 0 Å². The van der Waals surface area contributed by atoms with Crippen LogP contribution >= 0.6 is 23.2 Å². The molecule has 0 fully saturated rings. The monoisotopic (exact) mass is 288 g/mol. The lowest BCUT2D eigenvalue weighted by Gasteiger charge is -2.26. The molecule has 0 aliphatic heterocycles. The number of aromatic nitrogens is 1. The van der Waals surface area contributed by atoms with E-state index in [9.17, 15) is 0 Å². The molecule has 0 aliphatic carbocycles. The minimum Gasteiger partial charge on any atom is -0.297 e. The third-order valence-corrected chi connectivity index (χ3v) is 3.06. The Kier molecular flexibility index (Phi) is 6.40. The molecule has 2 nitrogen and oxygen atoms in total. The predicted molar refractivity (Wildman–Crippen MR) is 79.2 cm³/mol. The van der Waals surface area contributed by atoms with E-state index in [1.807, 2.05) is 6.07 Å².